The molecule has 1 aromatic carbocycles. The third kappa shape index (κ3) is 3.72. The predicted molar refractivity (Wildman–Crippen MR) is 145 cm³/mol. The van der Waals surface area contributed by atoms with Crippen LogP contribution in [0, 0.1) is 10.8 Å². The number of amides is 1. The molecule has 0 N–H and O–H groups in total. The van der Waals surface area contributed by atoms with Crippen molar-refractivity contribution in [2.24, 2.45) is 10.8 Å². The average molecular weight is 544 g/mol. The molecule has 40 heavy (non-hydrogen) atoms. The second-order valence-electron chi connectivity index (χ2n) is 13.3. The molecule has 0 saturated heterocycles. The van der Waals surface area contributed by atoms with Gasteiger partial charge in [-0.1, -0.05) is 11.2 Å². The Hall–Kier alpha value is -3.36. The van der Waals surface area contributed by atoms with Gasteiger partial charge in [-0.15, -0.1) is 0 Å². The van der Waals surface area contributed by atoms with Gasteiger partial charge in [0.1, 0.15) is 5.67 Å². The van der Waals surface area contributed by atoms with Crippen molar-refractivity contribution < 1.29 is 18.4 Å². The van der Waals surface area contributed by atoms with Gasteiger partial charge in [0.15, 0.2) is 5.82 Å². The van der Waals surface area contributed by atoms with Crippen molar-refractivity contribution >= 4 is 11.6 Å². The number of fused-ring (bicyclic) bond motifs is 3. The number of ether oxygens (including phenoxy) is 1. The van der Waals surface area contributed by atoms with Gasteiger partial charge in [-0.05, 0) is 100 Å². The molecule has 0 radical (unpaired) electrons. The van der Waals surface area contributed by atoms with E-state index >= 15 is 0 Å². The zero-order valence-electron chi connectivity index (χ0n) is 22.9. The SMILES string of the molecule is COc1nccc(C23CCC(CN(C(=O)C45CC(F)(C4)C5)c4cccc(-c5nc(C6CC6)no5)c4)(CC2)CC3)n1. The fourth-order valence-electron chi connectivity index (χ4n) is 8.08. The van der Waals surface area contributed by atoms with E-state index in [4.69, 9.17) is 14.2 Å². The third-order valence-corrected chi connectivity index (χ3v) is 10.7. The van der Waals surface area contributed by atoms with Crippen LogP contribution in [0.15, 0.2) is 41.1 Å². The molecule has 7 saturated carbocycles. The molecule has 208 valence electrons. The van der Waals surface area contributed by atoms with Crippen molar-refractivity contribution in [2.45, 2.75) is 87.6 Å². The Morgan fingerprint density at radius 2 is 1.82 bits per heavy atom. The lowest BCUT2D eigenvalue weighted by atomic mass is 9.41. The van der Waals surface area contributed by atoms with Crippen molar-refractivity contribution in [1.82, 2.24) is 20.1 Å². The van der Waals surface area contributed by atoms with Gasteiger partial charge in [0.25, 0.3) is 5.89 Å². The molecule has 7 fully saturated rings. The van der Waals surface area contributed by atoms with Crippen molar-refractivity contribution in [3.63, 3.8) is 0 Å². The minimum absolute atomic E-state index is 0.0328. The first-order chi connectivity index (χ1) is 19.3. The Bertz CT molecular complexity index is 1460. The second kappa shape index (κ2) is 8.33. The lowest BCUT2D eigenvalue weighted by molar-refractivity contribution is -0.211. The van der Waals surface area contributed by atoms with E-state index in [2.05, 4.69) is 15.1 Å². The molecule has 0 aliphatic heterocycles. The number of aromatic nitrogens is 4. The van der Waals surface area contributed by atoms with Crippen LogP contribution in [-0.2, 0) is 10.2 Å². The number of anilines is 1. The van der Waals surface area contributed by atoms with Crippen LogP contribution in [0.3, 0.4) is 0 Å². The predicted octanol–water partition coefficient (Wildman–Crippen LogP) is 5.93. The molecule has 7 aliphatic carbocycles. The Morgan fingerprint density at radius 3 is 2.50 bits per heavy atom. The summed E-state index contributed by atoms with van der Waals surface area (Å²) in [6, 6.07) is 10.4. The van der Waals surface area contributed by atoms with Gasteiger partial charge in [0, 0.05) is 35.3 Å². The molecule has 2 heterocycles. The lowest BCUT2D eigenvalue weighted by Crippen LogP contribution is -2.71. The number of methoxy groups -OCH3 is 1. The molecule has 2 aromatic heterocycles. The number of rotatable bonds is 8. The fraction of sp³-hybridized carbons (Fsp3) is 0.581. The van der Waals surface area contributed by atoms with Crippen molar-refractivity contribution in [3.05, 3.63) is 48.0 Å². The van der Waals surface area contributed by atoms with Crippen molar-refractivity contribution in [3.8, 4) is 17.5 Å². The summed E-state index contributed by atoms with van der Waals surface area (Å²) in [4.78, 5) is 29.7. The largest absolute Gasteiger partial charge is 0.467 e. The maximum atomic E-state index is 14.5. The van der Waals surface area contributed by atoms with Gasteiger partial charge in [0.05, 0.1) is 18.2 Å². The van der Waals surface area contributed by atoms with Crippen LogP contribution in [-0.4, -0.2) is 45.3 Å². The summed E-state index contributed by atoms with van der Waals surface area (Å²) < 4.78 is 25.5. The fourth-order valence-corrected chi connectivity index (χ4v) is 8.08. The van der Waals surface area contributed by atoms with Gasteiger partial charge in [-0.25, -0.2) is 9.37 Å². The number of carbonyl (C=O) groups is 1. The highest BCUT2D eigenvalue weighted by Gasteiger charge is 2.73. The Morgan fingerprint density at radius 1 is 1.07 bits per heavy atom. The number of hydrogen-bond donors (Lipinski definition) is 0. The van der Waals surface area contributed by atoms with Crippen LogP contribution in [0.4, 0.5) is 10.1 Å². The number of alkyl halides is 1. The van der Waals surface area contributed by atoms with E-state index in [1.54, 1.807) is 13.3 Å². The lowest BCUT2D eigenvalue weighted by Gasteiger charge is -2.65. The molecular weight excluding hydrogens is 509 g/mol. The van der Waals surface area contributed by atoms with Crippen LogP contribution in [0.2, 0.25) is 0 Å². The van der Waals surface area contributed by atoms with E-state index in [-0.39, 0.29) is 16.7 Å². The van der Waals surface area contributed by atoms with Crippen LogP contribution < -0.4 is 9.64 Å². The topological polar surface area (TPSA) is 94.2 Å². The van der Waals surface area contributed by atoms with E-state index in [0.29, 0.717) is 43.6 Å². The number of hydrogen-bond acceptors (Lipinski definition) is 7. The zero-order valence-corrected chi connectivity index (χ0v) is 22.9. The number of benzene rings is 1. The van der Waals surface area contributed by atoms with E-state index in [9.17, 15) is 9.18 Å². The monoisotopic (exact) mass is 543 g/mol. The number of halogens is 1. The zero-order chi connectivity index (χ0) is 27.2. The van der Waals surface area contributed by atoms with Crippen LogP contribution in [0.25, 0.3) is 11.5 Å². The van der Waals surface area contributed by atoms with Crippen LogP contribution in [0.1, 0.15) is 88.1 Å². The molecule has 1 amide bonds. The standard InChI is InChI=1S/C31H34FN5O3/c1-39-27-33-14-7-23(34-27)29-11-8-28(9-12-29,10-13-29)19-37(26(38)30-16-31(32,17-30)18-30)22-4-2-3-21(15-22)25-35-24(36-40-25)20-5-6-20/h2-4,7,14-15,20H,5-6,8-13,16-19H2,1H3. The molecule has 0 unspecified atom stereocenters. The highest BCUT2D eigenvalue weighted by Crippen LogP contribution is 2.70. The summed E-state index contributed by atoms with van der Waals surface area (Å²) in [5, 5.41) is 4.18. The van der Waals surface area contributed by atoms with Crippen molar-refractivity contribution in [1.29, 1.82) is 0 Å². The molecule has 0 atom stereocenters. The van der Waals surface area contributed by atoms with Gasteiger partial charge in [0.2, 0.25) is 5.91 Å². The Balaban J connectivity index is 1.08. The minimum atomic E-state index is -1.13. The normalized spacial score (nSPS) is 33.6. The maximum Gasteiger partial charge on any atom is 0.316 e. The first-order valence-electron chi connectivity index (χ1n) is 14.7. The summed E-state index contributed by atoms with van der Waals surface area (Å²) in [5.41, 5.74) is 1.12. The van der Waals surface area contributed by atoms with E-state index in [0.717, 1.165) is 74.1 Å². The number of nitrogens with zero attached hydrogens (tertiary/aromatic N) is 5. The Labute approximate surface area is 232 Å². The Kier molecular flexibility index (Phi) is 5.09. The smallest absolute Gasteiger partial charge is 0.316 e. The molecule has 7 aliphatic rings. The van der Waals surface area contributed by atoms with Gasteiger partial charge in [-0.2, -0.15) is 9.97 Å². The summed E-state index contributed by atoms with van der Waals surface area (Å²) in [6.07, 6.45) is 11.2. The molecular formula is C31H34FN5O3. The highest BCUT2D eigenvalue weighted by atomic mass is 19.1. The van der Waals surface area contributed by atoms with Crippen molar-refractivity contribution in [2.75, 3.05) is 18.6 Å². The summed E-state index contributed by atoms with van der Waals surface area (Å²) >= 11 is 0. The molecule has 9 heteroatoms. The third-order valence-electron chi connectivity index (χ3n) is 10.7. The summed E-state index contributed by atoms with van der Waals surface area (Å²) in [5.74, 6) is 1.74. The van der Waals surface area contributed by atoms with Gasteiger partial charge in [-0.3, -0.25) is 4.79 Å². The van der Waals surface area contributed by atoms with Gasteiger partial charge >= 0.3 is 6.01 Å². The van der Waals surface area contributed by atoms with Crippen LogP contribution in [0.5, 0.6) is 6.01 Å². The quantitative estimate of drug-likeness (QED) is 0.348. The van der Waals surface area contributed by atoms with Crippen LogP contribution >= 0.6 is 0 Å². The number of carbonyl (C=O) groups excluding carboxylic acids is 1. The molecule has 4 bridgehead atoms. The summed E-state index contributed by atoms with van der Waals surface area (Å²) in [6.45, 7) is 0.649. The van der Waals surface area contributed by atoms with E-state index in [1.807, 2.05) is 35.2 Å². The second-order valence-corrected chi connectivity index (χ2v) is 13.3. The highest BCUT2D eigenvalue weighted by molar-refractivity contribution is 6.00. The maximum absolute atomic E-state index is 14.5. The molecule has 8 nitrogen and oxygen atoms in total. The van der Waals surface area contributed by atoms with E-state index < -0.39 is 11.1 Å². The first kappa shape index (κ1) is 24.4. The first-order valence-corrected chi connectivity index (χ1v) is 14.7. The molecule has 10 rings (SSSR count). The molecule has 0 spiro atoms. The average Bonchev–Trinajstić information content (AvgIpc) is 3.70. The molecule has 3 aromatic rings. The van der Waals surface area contributed by atoms with E-state index in [1.165, 1.54) is 0 Å². The minimum Gasteiger partial charge on any atom is -0.467 e. The van der Waals surface area contributed by atoms with Gasteiger partial charge < -0.3 is 14.2 Å². The summed E-state index contributed by atoms with van der Waals surface area (Å²) in [7, 11) is 1.60.